The first-order valence-electron chi connectivity index (χ1n) is 6.27. The number of fused-ring (bicyclic) bond motifs is 1. The predicted molar refractivity (Wildman–Crippen MR) is 78.1 cm³/mol. The van der Waals surface area contributed by atoms with Crippen molar-refractivity contribution in [2.75, 3.05) is 26.7 Å². The molecule has 0 spiro atoms. The van der Waals surface area contributed by atoms with Crippen molar-refractivity contribution in [3.8, 4) is 5.75 Å². The number of thiol groups is 1. The summed E-state index contributed by atoms with van der Waals surface area (Å²) >= 11 is 4.45. The third kappa shape index (κ3) is 3.43. The summed E-state index contributed by atoms with van der Waals surface area (Å²) in [6.45, 7) is 2.93. The molecule has 0 unspecified atom stereocenters. The van der Waals surface area contributed by atoms with Crippen LogP contribution in [0.15, 0.2) is 29.3 Å². The third-order valence-corrected chi connectivity index (χ3v) is 3.55. The van der Waals surface area contributed by atoms with Crippen LogP contribution in [0.4, 0.5) is 0 Å². The van der Waals surface area contributed by atoms with E-state index in [4.69, 9.17) is 0 Å². The van der Waals surface area contributed by atoms with Crippen molar-refractivity contribution < 1.29 is 5.11 Å². The number of hydrogen-bond acceptors (Lipinski definition) is 4. The van der Waals surface area contributed by atoms with Crippen LogP contribution in [0, 0.1) is 0 Å². The largest absolute Gasteiger partial charge is 0.508 e. The van der Waals surface area contributed by atoms with Gasteiger partial charge in [0.25, 0.3) is 0 Å². The minimum absolute atomic E-state index is 0.368. The third-order valence-electron chi connectivity index (χ3n) is 3.28. The van der Waals surface area contributed by atoms with E-state index in [1.165, 1.54) is 11.1 Å². The van der Waals surface area contributed by atoms with Gasteiger partial charge in [0.2, 0.25) is 0 Å². The van der Waals surface area contributed by atoms with Crippen LogP contribution in [-0.2, 0) is 12.8 Å². The van der Waals surface area contributed by atoms with E-state index in [2.05, 4.69) is 22.8 Å². The zero-order valence-corrected chi connectivity index (χ0v) is 11.6. The van der Waals surface area contributed by atoms with Gasteiger partial charge in [0.1, 0.15) is 5.75 Å². The standard InChI is InChI=1S/C14H20N2OS/c1-15-9-14(18)10-16-6-4-11-2-3-13(17)8-12(11)5-7-16/h2-3,8-9,15,17-18H,4-7,10H2,1H3/b14-9-. The molecule has 1 heterocycles. The Hall–Kier alpha value is -1.13. The summed E-state index contributed by atoms with van der Waals surface area (Å²) in [4.78, 5) is 3.44. The van der Waals surface area contributed by atoms with Gasteiger partial charge in [-0.25, -0.2) is 0 Å². The van der Waals surface area contributed by atoms with Crippen LogP contribution in [0.25, 0.3) is 0 Å². The second-order valence-electron chi connectivity index (χ2n) is 4.65. The quantitative estimate of drug-likeness (QED) is 0.728. The first-order chi connectivity index (χ1) is 8.69. The fourth-order valence-electron chi connectivity index (χ4n) is 2.36. The highest BCUT2D eigenvalue weighted by molar-refractivity contribution is 7.84. The second-order valence-corrected chi connectivity index (χ2v) is 5.23. The lowest BCUT2D eigenvalue weighted by molar-refractivity contribution is 0.316. The number of phenolic OH excluding ortho intramolecular Hbond substituents is 1. The van der Waals surface area contributed by atoms with Gasteiger partial charge in [-0.15, -0.1) is 12.6 Å². The topological polar surface area (TPSA) is 35.5 Å². The number of phenols is 1. The van der Waals surface area contributed by atoms with E-state index in [-0.39, 0.29) is 0 Å². The number of aromatic hydroxyl groups is 1. The molecule has 3 nitrogen and oxygen atoms in total. The van der Waals surface area contributed by atoms with Crippen LogP contribution in [0.5, 0.6) is 5.75 Å². The molecule has 0 saturated carbocycles. The summed E-state index contributed by atoms with van der Waals surface area (Å²) in [5.41, 5.74) is 2.63. The monoisotopic (exact) mass is 264 g/mol. The number of nitrogens with one attached hydrogen (secondary N) is 1. The van der Waals surface area contributed by atoms with Gasteiger partial charge in [0.15, 0.2) is 0 Å². The Bertz CT molecular complexity index is 445. The Morgan fingerprint density at radius 1 is 1.39 bits per heavy atom. The molecule has 0 amide bonds. The van der Waals surface area contributed by atoms with Gasteiger partial charge in [-0.1, -0.05) is 6.07 Å². The van der Waals surface area contributed by atoms with E-state index >= 15 is 0 Å². The lowest BCUT2D eigenvalue weighted by atomic mass is 10.0. The maximum absolute atomic E-state index is 9.52. The molecule has 1 aromatic rings. The smallest absolute Gasteiger partial charge is 0.115 e. The normalized spacial score (nSPS) is 17.1. The van der Waals surface area contributed by atoms with Crippen molar-refractivity contribution in [3.63, 3.8) is 0 Å². The highest BCUT2D eigenvalue weighted by atomic mass is 32.1. The number of nitrogens with zero attached hydrogens (tertiary/aromatic N) is 1. The summed E-state index contributed by atoms with van der Waals surface area (Å²) in [5, 5.41) is 12.5. The molecular formula is C14H20N2OS. The molecule has 18 heavy (non-hydrogen) atoms. The molecule has 2 N–H and O–H groups in total. The average molecular weight is 264 g/mol. The Labute approximate surface area is 114 Å². The van der Waals surface area contributed by atoms with E-state index in [9.17, 15) is 5.11 Å². The summed E-state index contributed by atoms with van der Waals surface area (Å²) in [7, 11) is 1.89. The first kappa shape index (κ1) is 13.3. The van der Waals surface area contributed by atoms with Gasteiger partial charge in [-0.2, -0.15) is 0 Å². The van der Waals surface area contributed by atoms with Crippen molar-refractivity contribution in [1.29, 1.82) is 0 Å². The molecule has 98 valence electrons. The minimum atomic E-state index is 0.368. The second kappa shape index (κ2) is 6.16. The fraction of sp³-hybridized carbons (Fsp3) is 0.429. The molecular weight excluding hydrogens is 244 g/mol. The zero-order valence-electron chi connectivity index (χ0n) is 10.7. The molecule has 0 saturated heterocycles. The number of benzene rings is 1. The van der Waals surface area contributed by atoms with Gasteiger partial charge >= 0.3 is 0 Å². The van der Waals surface area contributed by atoms with Crippen LogP contribution in [0.2, 0.25) is 0 Å². The Kier molecular flexibility index (Phi) is 4.55. The summed E-state index contributed by atoms with van der Waals surface area (Å²) in [6, 6.07) is 5.71. The van der Waals surface area contributed by atoms with Crippen LogP contribution in [0.1, 0.15) is 11.1 Å². The van der Waals surface area contributed by atoms with E-state index in [1.807, 2.05) is 25.4 Å². The van der Waals surface area contributed by atoms with Gasteiger partial charge in [0.05, 0.1) is 0 Å². The van der Waals surface area contributed by atoms with E-state index in [0.29, 0.717) is 5.75 Å². The molecule has 1 aliphatic rings. The molecule has 1 aromatic carbocycles. The summed E-state index contributed by atoms with van der Waals surface area (Å²) < 4.78 is 0. The van der Waals surface area contributed by atoms with Gasteiger partial charge in [-0.05, 0) is 36.1 Å². The Balaban J connectivity index is 2.01. The van der Waals surface area contributed by atoms with Gasteiger partial charge in [0, 0.05) is 37.8 Å². The lowest BCUT2D eigenvalue weighted by Crippen LogP contribution is -2.28. The molecule has 0 aromatic heterocycles. The molecule has 0 atom stereocenters. The Morgan fingerprint density at radius 2 is 2.11 bits per heavy atom. The highest BCUT2D eigenvalue weighted by Crippen LogP contribution is 2.21. The van der Waals surface area contributed by atoms with Gasteiger partial charge < -0.3 is 10.4 Å². The fourth-order valence-corrected chi connectivity index (χ4v) is 2.69. The molecule has 0 bridgehead atoms. The van der Waals surface area contributed by atoms with Crippen molar-refractivity contribution in [3.05, 3.63) is 40.4 Å². The van der Waals surface area contributed by atoms with Crippen LogP contribution >= 0.6 is 12.6 Å². The predicted octanol–water partition coefficient (Wildman–Crippen LogP) is 1.78. The van der Waals surface area contributed by atoms with Crippen LogP contribution < -0.4 is 5.32 Å². The number of rotatable bonds is 3. The maximum Gasteiger partial charge on any atom is 0.115 e. The molecule has 2 rings (SSSR count). The molecule has 1 aliphatic heterocycles. The van der Waals surface area contributed by atoms with E-state index in [0.717, 1.165) is 37.4 Å². The first-order valence-corrected chi connectivity index (χ1v) is 6.72. The molecule has 0 aliphatic carbocycles. The molecule has 0 fully saturated rings. The number of hydrogen-bond donors (Lipinski definition) is 3. The summed E-state index contributed by atoms with van der Waals surface area (Å²) in [6.07, 6.45) is 3.95. The van der Waals surface area contributed by atoms with E-state index in [1.54, 1.807) is 6.07 Å². The lowest BCUT2D eigenvalue weighted by Gasteiger charge is -2.19. The van der Waals surface area contributed by atoms with Crippen LogP contribution in [0.3, 0.4) is 0 Å². The Morgan fingerprint density at radius 3 is 2.83 bits per heavy atom. The summed E-state index contributed by atoms with van der Waals surface area (Å²) in [5.74, 6) is 0.368. The van der Waals surface area contributed by atoms with Crippen molar-refractivity contribution in [2.24, 2.45) is 0 Å². The molecule has 0 radical (unpaired) electrons. The van der Waals surface area contributed by atoms with E-state index < -0.39 is 0 Å². The maximum atomic E-state index is 9.52. The van der Waals surface area contributed by atoms with Crippen molar-refractivity contribution >= 4 is 12.6 Å². The average Bonchev–Trinajstić information content (AvgIpc) is 2.52. The zero-order chi connectivity index (χ0) is 13.0. The van der Waals surface area contributed by atoms with Crippen molar-refractivity contribution in [2.45, 2.75) is 12.8 Å². The van der Waals surface area contributed by atoms with Crippen LogP contribution in [-0.4, -0.2) is 36.7 Å². The molecule has 4 heteroatoms. The highest BCUT2D eigenvalue weighted by Gasteiger charge is 2.14. The SMILES string of the molecule is CN/C=C(\S)CN1CCc2ccc(O)cc2CC1. The van der Waals surface area contributed by atoms with Crippen molar-refractivity contribution in [1.82, 2.24) is 10.2 Å². The minimum Gasteiger partial charge on any atom is -0.508 e. The van der Waals surface area contributed by atoms with Gasteiger partial charge in [-0.3, -0.25) is 4.90 Å².